The van der Waals surface area contributed by atoms with Crippen LogP contribution in [-0.4, -0.2) is 90.7 Å². The molecule has 0 radical (unpaired) electrons. The van der Waals surface area contributed by atoms with Gasteiger partial charge in [-0.05, 0) is 0 Å². The van der Waals surface area contributed by atoms with Crippen molar-refractivity contribution in [2.24, 2.45) is 0 Å². The molecule has 35 heavy (non-hydrogen) atoms. The third-order valence-corrected chi connectivity index (χ3v) is 5.47. The molecule has 1 unspecified atom stereocenters. The lowest BCUT2D eigenvalue weighted by Gasteiger charge is -2.44. The van der Waals surface area contributed by atoms with Gasteiger partial charge in [-0.1, -0.05) is 0 Å². The first-order valence-corrected chi connectivity index (χ1v) is 11.6. The molecule has 14 heteroatoms. The van der Waals surface area contributed by atoms with Crippen molar-refractivity contribution in [1.82, 2.24) is 0 Å². The van der Waals surface area contributed by atoms with Crippen molar-refractivity contribution in [3.63, 3.8) is 0 Å². The maximum absolute atomic E-state index is 11.8. The Labute approximate surface area is 206 Å². The maximum Gasteiger partial charge on any atom is 0.303 e. The lowest BCUT2D eigenvalue weighted by atomic mass is 9.99. The summed E-state index contributed by atoms with van der Waals surface area (Å²) >= 11 is 0.999. The summed E-state index contributed by atoms with van der Waals surface area (Å²) in [6.45, 7) is 6.29. The fourth-order valence-electron chi connectivity index (χ4n) is 3.09. The predicted octanol–water partition coefficient (Wildman–Crippen LogP) is 0.298. The summed E-state index contributed by atoms with van der Waals surface area (Å²) in [5.41, 5.74) is -1.05. The molecule has 0 N–H and O–H groups in total. The summed E-state index contributed by atoms with van der Waals surface area (Å²) in [5, 5.41) is 0. The highest BCUT2D eigenvalue weighted by Crippen LogP contribution is 2.35. The highest BCUT2D eigenvalue weighted by atomic mass is 32.2. The van der Waals surface area contributed by atoms with Gasteiger partial charge in [0, 0.05) is 47.3 Å². The van der Waals surface area contributed by atoms with Gasteiger partial charge in [0.2, 0.25) is 0 Å². The molecule has 0 aromatic heterocycles. The van der Waals surface area contributed by atoms with Gasteiger partial charge in [0.15, 0.2) is 18.3 Å². The van der Waals surface area contributed by atoms with Gasteiger partial charge in [-0.3, -0.25) is 28.8 Å². The van der Waals surface area contributed by atoms with Crippen LogP contribution in [0.1, 0.15) is 41.5 Å². The quantitative estimate of drug-likeness (QED) is 0.268. The van der Waals surface area contributed by atoms with Crippen molar-refractivity contribution in [1.29, 1.82) is 0 Å². The van der Waals surface area contributed by atoms with Gasteiger partial charge in [0.05, 0.1) is 0 Å². The minimum atomic E-state index is -1.31. The van der Waals surface area contributed by atoms with E-state index < -0.39 is 71.8 Å². The van der Waals surface area contributed by atoms with Crippen molar-refractivity contribution in [3.8, 4) is 0 Å². The van der Waals surface area contributed by atoms with E-state index in [1.807, 2.05) is 0 Å². The Morgan fingerprint density at radius 2 is 1.20 bits per heavy atom. The molecule has 0 spiro atoms. The van der Waals surface area contributed by atoms with Crippen LogP contribution in [0.15, 0.2) is 0 Å². The van der Waals surface area contributed by atoms with Crippen LogP contribution in [-0.2, 0) is 61.9 Å². The number of rotatable bonds is 11. The second-order valence-electron chi connectivity index (χ2n) is 7.44. The van der Waals surface area contributed by atoms with Crippen molar-refractivity contribution in [2.75, 3.05) is 19.0 Å². The van der Waals surface area contributed by atoms with Gasteiger partial charge in [-0.15, -0.1) is 11.8 Å². The van der Waals surface area contributed by atoms with Gasteiger partial charge in [0.25, 0.3) is 0 Å². The molecule has 1 heterocycles. The molecule has 13 nitrogen and oxygen atoms in total. The second-order valence-corrected chi connectivity index (χ2v) is 8.57. The van der Waals surface area contributed by atoms with E-state index in [2.05, 4.69) is 0 Å². The fraction of sp³-hybridized carbons (Fsp3) is 0.714. The summed E-state index contributed by atoms with van der Waals surface area (Å²) in [5.74, 6) is -4.06. The van der Waals surface area contributed by atoms with Crippen molar-refractivity contribution in [2.45, 2.75) is 77.5 Å². The Bertz CT molecular complexity index is 798. The average molecular weight is 523 g/mol. The molecule has 1 rings (SSSR count). The van der Waals surface area contributed by atoms with E-state index in [-0.39, 0.29) is 19.0 Å². The lowest BCUT2D eigenvalue weighted by molar-refractivity contribution is -0.237. The molecule has 0 bridgehead atoms. The summed E-state index contributed by atoms with van der Waals surface area (Å²) in [6.07, 6.45) is -5.83. The maximum atomic E-state index is 11.8. The van der Waals surface area contributed by atoms with E-state index in [1.54, 1.807) is 0 Å². The monoisotopic (exact) mass is 522 g/mol. The van der Waals surface area contributed by atoms with E-state index in [0.29, 0.717) is 0 Å². The zero-order valence-corrected chi connectivity index (χ0v) is 21.1. The zero-order valence-electron chi connectivity index (χ0n) is 20.3. The number of carbonyl (C=O) groups is 6. The van der Waals surface area contributed by atoms with Crippen molar-refractivity contribution in [3.05, 3.63) is 0 Å². The molecule has 0 aromatic carbocycles. The average Bonchev–Trinajstić information content (AvgIpc) is 2.70. The van der Waals surface area contributed by atoms with Crippen LogP contribution in [0.25, 0.3) is 0 Å². The molecule has 6 atom stereocenters. The Morgan fingerprint density at radius 1 is 0.686 bits per heavy atom. The molecule has 0 aliphatic carbocycles. The molecule has 1 saturated heterocycles. The first-order valence-electron chi connectivity index (χ1n) is 10.5. The second kappa shape index (κ2) is 14.5. The molecular formula is C21H30O13S. The highest BCUT2D eigenvalue weighted by molar-refractivity contribution is 7.99. The number of thioether (sulfide) groups is 1. The Balaban J connectivity index is 3.27. The Morgan fingerprint density at radius 3 is 1.69 bits per heavy atom. The molecule has 1 aliphatic rings. The van der Waals surface area contributed by atoms with Crippen molar-refractivity contribution >= 4 is 47.6 Å². The minimum absolute atomic E-state index is 0.0145. The zero-order chi connectivity index (χ0) is 26.7. The number of esters is 6. The first kappa shape index (κ1) is 30.2. The van der Waals surface area contributed by atoms with E-state index in [4.69, 9.17) is 33.2 Å². The molecule has 1 fully saturated rings. The van der Waals surface area contributed by atoms with Gasteiger partial charge >= 0.3 is 35.8 Å². The summed E-state index contributed by atoms with van der Waals surface area (Å²) in [4.78, 5) is 69.4. The van der Waals surface area contributed by atoms with Crippen LogP contribution in [0.4, 0.5) is 0 Å². The number of hydrogen-bond acceptors (Lipinski definition) is 14. The molecule has 198 valence electrons. The van der Waals surface area contributed by atoms with Crippen LogP contribution < -0.4 is 0 Å². The van der Waals surface area contributed by atoms with Gasteiger partial charge in [-0.2, -0.15) is 0 Å². The molecule has 0 amide bonds. The van der Waals surface area contributed by atoms with Crippen LogP contribution in [0.2, 0.25) is 0 Å². The predicted molar refractivity (Wildman–Crippen MR) is 117 cm³/mol. The van der Waals surface area contributed by atoms with Gasteiger partial charge in [-0.25, -0.2) is 0 Å². The normalized spacial score (nSPS) is 24.3. The molecule has 0 saturated carbocycles. The number of hydrogen-bond donors (Lipinski definition) is 0. The molecular weight excluding hydrogens is 492 g/mol. The molecule has 1 aliphatic heterocycles. The van der Waals surface area contributed by atoms with E-state index in [9.17, 15) is 28.8 Å². The SMILES string of the molecule is CC(=O)OCC(CS[C@H]1O[C@H](COC(C)=O)[C@@H](OC(C)=O)[C@H](OC(C)=O)[C@H]1OC(C)=O)OC(C)=O. The lowest BCUT2D eigenvalue weighted by Crippen LogP contribution is -2.61. The van der Waals surface area contributed by atoms with Gasteiger partial charge in [0.1, 0.15) is 30.9 Å². The fourth-order valence-corrected chi connectivity index (χ4v) is 4.28. The van der Waals surface area contributed by atoms with Crippen LogP contribution in [0.5, 0.6) is 0 Å². The number of carbonyl (C=O) groups excluding carboxylic acids is 6. The summed E-state index contributed by atoms with van der Waals surface area (Å²) < 4.78 is 37.0. The topological polar surface area (TPSA) is 167 Å². The Kier molecular flexibility index (Phi) is 12.5. The number of ether oxygens (including phenoxy) is 7. The summed E-state index contributed by atoms with van der Waals surface area (Å²) in [6, 6.07) is 0. The minimum Gasteiger partial charge on any atom is -0.463 e. The standard InChI is InChI=1S/C21H30O13S/c1-10(22)28-7-16(30-12(3)24)9-35-21-20(33-15(6)27)19(32-14(5)26)18(31-13(4)25)17(34-21)8-29-11(2)23/h16-21H,7-9H2,1-6H3/t16?,17-,18-,19+,20-,21-/m1/s1. The largest absolute Gasteiger partial charge is 0.463 e. The van der Waals surface area contributed by atoms with Crippen molar-refractivity contribution < 1.29 is 61.9 Å². The van der Waals surface area contributed by atoms with Crippen LogP contribution in [0.3, 0.4) is 0 Å². The van der Waals surface area contributed by atoms with E-state index in [1.165, 1.54) is 20.8 Å². The van der Waals surface area contributed by atoms with E-state index in [0.717, 1.165) is 32.5 Å². The third-order valence-electron chi connectivity index (χ3n) is 4.20. The Hall–Kier alpha value is -2.87. The molecule has 0 aromatic rings. The smallest absolute Gasteiger partial charge is 0.303 e. The van der Waals surface area contributed by atoms with Crippen LogP contribution >= 0.6 is 11.8 Å². The van der Waals surface area contributed by atoms with Crippen LogP contribution in [0, 0.1) is 0 Å². The highest BCUT2D eigenvalue weighted by Gasteiger charge is 2.52. The van der Waals surface area contributed by atoms with Gasteiger partial charge < -0.3 is 33.2 Å². The summed E-state index contributed by atoms with van der Waals surface area (Å²) in [7, 11) is 0. The third kappa shape index (κ3) is 11.4. The van der Waals surface area contributed by atoms with E-state index >= 15 is 0 Å². The first-order chi connectivity index (χ1) is 16.3.